The Morgan fingerprint density at radius 1 is 1.35 bits per heavy atom. The SMILES string of the molecule is Cc1ccc(Cc2nnnn2C(C)CC(=O)O)cc1C. The molecule has 0 amide bonds. The lowest BCUT2D eigenvalue weighted by Gasteiger charge is -2.11. The molecule has 0 aliphatic carbocycles. The lowest BCUT2D eigenvalue weighted by Crippen LogP contribution is -2.15. The second kappa shape index (κ2) is 5.81. The molecule has 1 unspecified atom stereocenters. The first-order valence-electron chi connectivity index (χ1n) is 6.52. The van der Waals surface area contributed by atoms with Gasteiger partial charge in [0.25, 0.3) is 0 Å². The molecule has 0 spiro atoms. The van der Waals surface area contributed by atoms with E-state index in [0.717, 1.165) is 5.56 Å². The van der Waals surface area contributed by atoms with Crippen LogP contribution in [0.4, 0.5) is 0 Å². The Hall–Kier alpha value is -2.24. The van der Waals surface area contributed by atoms with E-state index < -0.39 is 5.97 Å². The number of carbonyl (C=O) groups is 1. The second-order valence-corrected chi connectivity index (χ2v) is 5.08. The fraction of sp³-hybridized carbons (Fsp3) is 0.429. The molecule has 6 heteroatoms. The predicted octanol–water partition coefficient (Wildman–Crippen LogP) is 1.92. The summed E-state index contributed by atoms with van der Waals surface area (Å²) in [6, 6.07) is 5.96. The van der Waals surface area contributed by atoms with Crippen LogP contribution in [0.3, 0.4) is 0 Å². The second-order valence-electron chi connectivity index (χ2n) is 5.08. The number of aliphatic carboxylic acids is 1. The minimum atomic E-state index is -0.856. The van der Waals surface area contributed by atoms with E-state index in [0.29, 0.717) is 12.2 Å². The van der Waals surface area contributed by atoms with Crippen molar-refractivity contribution in [2.75, 3.05) is 0 Å². The van der Waals surface area contributed by atoms with Gasteiger partial charge in [-0.15, -0.1) is 5.10 Å². The van der Waals surface area contributed by atoms with Crippen LogP contribution in [0.25, 0.3) is 0 Å². The molecular formula is C14H18N4O2. The number of nitrogens with zero attached hydrogens (tertiary/aromatic N) is 4. The molecule has 2 aromatic rings. The maximum Gasteiger partial charge on any atom is 0.305 e. The number of hydrogen-bond donors (Lipinski definition) is 1. The van der Waals surface area contributed by atoms with Gasteiger partial charge in [-0.25, -0.2) is 4.68 Å². The van der Waals surface area contributed by atoms with Crippen molar-refractivity contribution in [3.8, 4) is 0 Å². The molecule has 0 radical (unpaired) electrons. The quantitative estimate of drug-likeness (QED) is 0.900. The van der Waals surface area contributed by atoms with Gasteiger partial charge in [0.05, 0.1) is 12.5 Å². The first-order valence-corrected chi connectivity index (χ1v) is 6.52. The molecule has 0 fully saturated rings. The van der Waals surface area contributed by atoms with Crippen LogP contribution in [0.15, 0.2) is 18.2 Å². The van der Waals surface area contributed by atoms with Crippen molar-refractivity contribution in [1.29, 1.82) is 0 Å². The van der Waals surface area contributed by atoms with Crippen LogP contribution in [0.1, 0.15) is 41.9 Å². The van der Waals surface area contributed by atoms with Gasteiger partial charge >= 0.3 is 5.97 Å². The van der Waals surface area contributed by atoms with Crippen molar-refractivity contribution in [3.05, 3.63) is 40.7 Å². The summed E-state index contributed by atoms with van der Waals surface area (Å²) in [7, 11) is 0. The van der Waals surface area contributed by atoms with Crippen molar-refractivity contribution < 1.29 is 9.90 Å². The Kier molecular flexibility index (Phi) is 4.12. The first kappa shape index (κ1) is 14.2. The summed E-state index contributed by atoms with van der Waals surface area (Å²) in [5.41, 5.74) is 3.58. The van der Waals surface area contributed by atoms with Crippen LogP contribution < -0.4 is 0 Å². The average molecular weight is 274 g/mol. The van der Waals surface area contributed by atoms with Crippen molar-refractivity contribution in [3.63, 3.8) is 0 Å². The summed E-state index contributed by atoms with van der Waals surface area (Å²) in [5, 5.41) is 20.4. The Morgan fingerprint density at radius 3 is 2.75 bits per heavy atom. The third-order valence-corrected chi connectivity index (χ3v) is 3.38. The molecular weight excluding hydrogens is 256 g/mol. The van der Waals surface area contributed by atoms with Crippen molar-refractivity contribution in [1.82, 2.24) is 20.2 Å². The zero-order valence-electron chi connectivity index (χ0n) is 11.9. The molecule has 20 heavy (non-hydrogen) atoms. The first-order chi connectivity index (χ1) is 9.47. The van der Waals surface area contributed by atoms with E-state index in [-0.39, 0.29) is 12.5 Å². The van der Waals surface area contributed by atoms with Crippen LogP contribution in [0.5, 0.6) is 0 Å². The normalized spacial score (nSPS) is 12.3. The third-order valence-electron chi connectivity index (χ3n) is 3.38. The van der Waals surface area contributed by atoms with Crippen molar-refractivity contribution in [2.45, 2.75) is 39.7 Å². The van der Waals surface area contributed by atoms with E-state index in [4.69, 9.17) is 5.11 Å². The van der Waals surface area contributed by atoms with E-state index in [9.17, 15) is 4.79 Å². The smallest absolute Gasteiger partial charge is 0.305 e. The lowest BCUT2D eigenvalue weighted by atomic mass is 10.0. The van der Waals surface area contributed by atoms with Crippen LogP contribution in [-0.2, 0) is 11.2 Å². The van der Waals surface area contributed by atoms with Gasteiger partial charge in [0, 0.05) is 6.42 Å². The zero-order valence-corrected chi connectivity index (χ0v) is 11.9. The number of tetrazole rings is 1. The number of aromatic nitrogens is 4. The number of aryl methyl sites for hydroxylation is 2. The molecule has 6 nitrogen and oxygen atoms in total. The highest BCUT2D eigenvalue weighted by Crippen LogP contribution is 2.16. The van der Waals surface area contributed by atoms with Gasteiger partial charge in [-0.2, -0.15) is 0 Å². The predicted molar refractivity (Wildman–Crippen MR) is 73.5 cm³/mol. The summed E-state index contributed by atoms with van der Waals surface area (Å²) in [6.45, 7) is 5.93. The highest BCUT2D eigenvalue weighted by molar-refractivity contribution is 5.67. The summed E-state index contributed by atoms with van der Waals surface area (Å²) in [6.07, 6.45) is 0.600. The number of carboxylic acids is 1. The Morgan fingerprint density at radius 2 is 2.10 bits per heavy atom. The van der Waals surface area contributed by atoms with Gasteiger partial charge in [0.1, 0.15) is 0 Å². The monoisotopic (exact) mass is 274 g/mol. The minimum absolute atomic E-state index is 0.00493. The molecule has 1 atom stereocenters. The zero-order chi connectivity index (χ0) is 14.7. The molecule has 2 rings (SSSR count). The van der Waals surface area contributed by atoms with Gasteiger partial charge in [0.2, 0.25) is 0 Å². The highest BCUT2D eigenvalue weighted by atomic mass is 16.4. The minimum Gasteiger partial charge on any atom is -0.481 e. The molecule has 0 saturated carbocycles. The van der Waals surface area contributed by atoms with E-state index in [1.54, 1.807) is 11.6 Å². The molecule has 0 bridgehead atoms. The number of carboxylic acid groups (broad SMARTS) is 1. The topological polar surface area (TPSA) is 80.9 Å². The van der Waals surface area contributed by atoms with Crippen LogP contribution >= 0.6 is 0 Å². The van der Waals surface area contributed by atoms with Gasteiger partial charge in [0.15, 0.2) is 5.82 Å². The lowest BCUT2D eigenvalue weighted by molar-refractivity contribution is -0.137. The molecule has 1 heterocycles. The largest absolute Gasteiger partial charge is 0.481 e. The summed E-state index contributed by atoms with van der Waals surface area (Å²) in [5.74, 6) is -0.174. The summed E-state index contributed by atoms with van der Waals surface area (Å²) >= 11 is 0. The number of rotatable bonds is 5. The van der Waals surface area contributed by atoms with Crippen molar-refractivity contribution in [2.24, 2.45) is 0 Å². The maximum absolute atomic E-state index is 10.8. The molecule has 0 aliphatic rings. The summed E-state index contributed by atoms with van der Waals surface area (Å²) in [4.78, 5) is 10.8. The van der Waals surface area contributed by atoms with Crippen molar-refractivity contribution >= 4 is 5.97 Å². The maximum atomic E-state index is 10.8. The standard InChI is InChI=1S/C14H18N4O2/c1-9-4-5-12(6-10(9)2)8-13-15-16-17-18(13)11(3)7-14(19)20/h4-6,11H,7-8H2,1-3H3,(H,19,20). The van der Waals surface area contributed by atoms with Crippen LogP contribution in [0, 0.1) is 13.8 Å². The summed E-state index contributed by atoms with van der Waals surface area (Å²) < 4.78 is 1.59. The van der Waals surface area contributed by atoms with Gasteiger partial charge in [-0.05, 0) is 47.9 Å². The molecule has 1 aromatic heterocycles. The van der Waals surface area contributed by atoms with Gasteiger partial charge in [-0.3, -0.25) is 4.79 Å². The Labute approximate surface area is 117 Å². The molecule has 1 N–H and O–H groups in total. The number of benzene rings is 1. The Bertz CT molecular complexity index is 621. The highest BCUT2D eigenvalue weighted by Gasteiger charge is 2.16. The molecule has 1 aromatic carbocycles. The van der Waals surface area contributed by atoms with E-state index in [2.05, 4.69) is 41.5 Å². The van der Waals surface area contributed by atoms with E-state index >= 15 is 0 Å². The Balaban J connectivity index is 2.19. The number of hydrogen-bond acceptors (Lipinski definition) is 4. The van der Waals surface area contributed by atoms with Gasteiger partial charge < -0.3 is 5.11 Å². The molecule has 106 valence electrons. The fourth-order valence-electron chi connectivity index (χ4n) is 2.11. The van der Waals surface area contributed by atoms with E-state index in [1.165, 1.54) is 11.1 Å². The molecule has 0 saturated heterocycles. The van der Waals surface area contributed by atoms with Crippen LogP contribution in [0.2, 0.25) is 0 Å². The van der Waals surface area contributed by atoms with Gasteiger partial charge in [-0.1, -0.05) is 18.2 Å². The average Bonchev–Trinajstić information content (AvgIpc) is 2.81. The molecule has 0 aliphatic heterocycles. The van der Waals surface area contributed by atoms with Crippen LogP contribution in [-0.4, -0.2) is 31.3 Å². The third kappa shape index (κ3) is 3.20. The fourth-order valence-corrected chi connectivity index (χ4v) is 2.11. The van der Waals surface area contributed by atoms with E-state index in [1.807, 2.05) is 6.07 Å².